The van der Waals surface area contributed by atoms with Crippen LogP contribution in [0, 0.1) is 26.2 Å². The quantitative estimate of drug-likeness (QED) is 0.115. The van der Waals surface area contributed by atoms with E-state index in [4.69, 9.17) is 0 Å². The minimum absolute atomic E-state index is 0. The molecule has 2 fully saturated rings. The predicted octanol–water partition coefficient (Wildman–Crippen LogP) is 17.1. The maximum Gasteiger partial charge on any atom is -0.0114 e. The van der Waals surface area contributed by atoms with Gasteiger partial charge in [0.15, 0.2) is 0 Å². The summed E-state index contributed by atoms with van der Waals surface area (Å²) in [5, 5.41) is 10.9. The minimum atomic E-state index is 0. The van der Waals surface area contributed by atoms with Crippen molar-refractivity contribution in [3.63, 3.8) is 0 Å². The summed E-state index contributed by atoms with van der Waals surface area (Å²) < 4.78 is 0. The van der Waals surface area contributed by atoms with Crippen LogP contribution >= 0.6 is 24.8 Å². The molecule has 2 aliphatic carbocycles. The molecule has 0 unspecified atom stereocenters. The average molecular weight is 925 g/mol. The number of halogens is 2. The van der Waals surface area contributed by atoms with E-state index in [0.717, 1.165) is 18.3 Å². The van der Waals surface area contributed by atoms with Crippen LogP contribution in [0.5, 0.6) is 0 Å². The fourth-order valence-electron chi connectivity index (χ4n) is 9.67. The first-order chi connectivity index (χ1) is 28.2. The van der Waals surface area contributed by atoms with E-state index in [9.17, 15) is 0 Å². The Morgan fingerprint density at radius 2 is 0.800 bits per heavy atom. The van der Waals surface area contributed by atoms with Crippen molar-refractivity contribution in [3.05, 3.63) is 171 Å². The van der Waals surface area contributed by atoms with E-state index in [1.54, 1.807) is 0 Å². The number of fused-ring (bicyclic) bond motifs is 4. The Labute approximate surface area is 390 Å². The van der Waals surface area contributed by atoms with Gasteiger partial charge in [0.05, 0.1) is 0 Å². The molecule has 4 heteroatoms. The van der Waals surface area contributed by atoms with Crippen LogP contribution in [0.3, 0.4) is 0 Å². The summed E-state index contributed by atoms with van der Waals surface area (Å²) in [5.74, 6) is 1.78. The van der Waals surface area contributed by atoms with E-state index in [-0.39, 0.29) is 32.2 Å². The first-order valence-corrected chi connectivity index (χ1v) is 25.7. The predicted molar refractivity (Wildman–Crippen MR) is 268 cm³/mol. The standard InChI is InChI=1S/2C26H25.C3H7.CH3.2ClH.Si.Zr/c2*1-2-8-19(9-3-1)16-20-17-22-12-7-15-25(26(22)18-20)24-14-6-11-21-10-4-5-13-23(21)24;1-3-2;;;;;/h2*4-7,10-15,17-19H,1-3,8-9,16H2;1,3H2,2H3;1H3;2*1H;;/q4*-1;;;;. The molecule has 0 N–H and O–H groups in total. The minimum Gasteiger partial charge on any atom is -0.164 e. The third-order valence-electron chi connectivity index (χ3n) is 12.3. The Kier molecular flexibility index (Phi) is 20.6. The van der Waals surface area contributed by atoms with Crippen LogP contribution in [0.15, 0.2) is 146 Å². The molecule has 312 valence electrons. The van der Waals surface area contributed by atoms with Gasteiger partial charge >= 0.3 is 30.2 Å². The number of hydrogen-bond acceptors (Lipinski definition) is 0. The van der Waals surface area contributed by atoms with Gasteiger partial charge in [-0.1, -0.05) is 179 Å². The molecule has 0 bridgehead atoms. The molecular formula is C56H62Cl2SiZr-4. The van der Waals surface area contributed by atoms with Gasteiger partial charge in [-0.15, -0.1) is 93.9 Å². The van der Waals surface area contributed by atoms with Crippen molar-refractivity contribution in [2.75, 3.05) is 0 Å². The van der Waals surface area contributed by atoms with Crippen LogP contribution in [0.25, 0.3) is 65.3 Å². The molecule has 0 saturated heterocycles. The van der Waals surface area contributed by atoms with Crippen molar-refractivity contribution in [3.8, 4) is 22.3 Å². The van der Waals surface area contributed by atoms with Gasteiger partial charge in [-0.3, -0.25) is 0 Å². The molecule has 0 aromatic heterocycles. The maximum absolute atomic E-state index is 3.49. The topological polar surface area (TPSA) is 0 Å². The van der Waals surface area contributed by atoms with Gasteiger partial charge in [-0.05, 0) is 57.3 Å². The number of benzene rings is 6. The summed E-state index contributed by atoms with van der Waals surface area (Å²) in [6.07, 6.45) is 17.7. The molecule has 8 aromatic carbocycles. The summed E-state index contributed by atoms with van der Waals surface area (Å²) in [6, 6.07) is 54.1. The van der Waals surface area contributed by atoms with Crippen molar-refractivity contribution in [1.29, 1.82) is 0 Å². The van der Waals surface area contributed by atoms with E-state index < -0.39 is 0 Å². The molecule has 0 atom stereocenters. The zero-order valence-electron chi connectivity index (χ0n) is 35.7. The van der Waals surface area contributed by atoms with E-state index in [1.807, 2.05) is 6.92 Å². The van der Waals surface area contributed by atoms with Crippen molar-refractivity contribution in [1.82, 2.24) is 0 Å². The van der Waals surface area contributed by atoms with E-state index >= 15 is 0 Å². The van der Waals surface area contributed by atoms with Crippen LogP contribution in [-0.2, 0) is 36.2 Å². The van der Waals surface area contributed by atoms with Gasteiger partial charge in [0.25, 0.3) is 0 Å². The second kappa shape index (κ2) is 25.0. The first kappa shape index (κ1) is 49.4. The number of hydrogen-bond donors (Lipinski definition) is 0. The Balaban J connectivity index is 0.000000229. The monoisotopic (exact) mass is 922 g/mol. The fourth-order valence-corrected chi connectivity index (χ4v) is 9.67. The Hall–Kier alpha value is -3.26. The zero-order valence-corrected chi connectivity index (χ0v) is 40.8. The molecule has 2 aliphatic rings. The molecular weight excluding hydrogens is 863 g/mol. The fraction of sp³-hybridized carbons (Fsp3) is 0.286. The molecule has 0 aliphatic heterocycles. The van der Waals surface area contributed by atoms with Crippen LogP contribution in [-0.4, -0.2) is 6.88 Å². The Morgan fingerprint density at radius 3 is 1.18 bits per heavy atom. The zero-order chi connectivity index (χ0) is 39.4. The molecule has 60 heavy (non-hydrogen) atoms. The molecule has 0 nitrogen and oxygen atoms in total. The molecule has 0 amide bonds. The SMILES string of the molecule is Cl.Cl.[CH2-]CC.[CH3-].[Si]=[Zr].c1ccc2c(-c3cccc4[cH-]c(CC5CCCCC5)cc34)cccc2c1.c1ccc2c(-c3cccc4[cH-]c(CC5CCCCC5)cc34)cccc2c1. The molecule has 8 aromatic rings. The summed E-state index contributed by atoms with van der Waals surface area (Å²) in [4.78, 5) is 0. The molecule has 10 rings (SSSR count). The summed E-state index contributed by atoms with van der Waals surface area (Å²) in [7, 11) is 0. The second-order valence-electron chi connectivity index (χ2n) is 16.3. The van der Waals surface area contributed by atoms with E-state index in [0.29, 0.717) is 0 Å². The van der Waals surface area contributed by atoms with Crippen LogP contribution in [0.4, 0.5) is 0 Å². The van der Waals surface area contributed by atoms with Crippen molar-refractivity contribution in [2.45, 2.75) is 90.4 Å². The summed E-state index contributed by atoms with van der Waals surface area (Å²) in [5.41, 5.74) is 8.49. The summed E-state index contributed by atoms with van der Waals surface area (Å²) >= 11 is 1.36. The van der Waals surface area contributed by atoms with Crippen molar-refractivity contribution < 1.29 is 23.3 Å². The molecule has 2 saturated carbocycles. The average Bonchev–Trinajstić information content (AvgIpc) is 3.89. The number of rotatable bonds is 6. The third-order valence-corrected chi connectivity index (χ3v) is 12.3. The van der Waals surface area contributed by atoms with Gasteiger partial charge < -0.3 is 14.4 Å². The van der Waals surface area contributed by atoms with Crippen molar-refractivity contribution >= 4 is 74.8 Å². The molecule has 2 radical (unpaired) electrons. The van der Waals surface area contributed by atoms with Crippen molar-refractivity contribution in [2.24, 2.45) is 11.8 Å². The van der Waals surface area contributed by atoms with Gasteiger partial charge in [0, 0.05) is 0 Å². The second-order valence-corrected chi connectivity index (χ2v) is 16.3. The smallest absolute Gasteiger partial charge is 0.0114 e. The maximum atomic E-state index is 3.49. The van der Waals surface area contributed by atoms with Gasteiger partial charge in [-0.2, -0.15) is 18.6 Å². The van der Waals surface area contributed by atoms with Crippen LogP contribution in [0.1, 0.15) is 88.7 Å². The normalized spacial score (nSPS) is 13.9. The van der Waals surface area contributed by atoms with Crippen LogP contribution < -0.4 is 0 Å². The van der Waals surface area contributed by atoms with Crippen LogP contribution in [0.2, 0.25) is 0 Å². The molecule has 0 spiro atoms. The van der Waals surface area contributed by atoms with Gasteiger partial charge in [0.1, 0.15) is 0 Å². The van der Waals surface area contributed by atoms with Gasteiger partial charge in [-0.25, -0.2) is 0 Å². The van der Waals surface area contributed by atoms with Gasteiger partial charge in [0.2, 0.25) is 0 Å². The van der Waals surface area contributed by atoms with E-state index in [2.05, 4.69) is 159 Å². The third kappa shape index (κ3) is 12.0. The molecule has 0 heterocycles. The largest absolute Gasteiger partial charge is 0.164 e. The van der Waals surface area contributed by atoms with E-state index in [1.165, 1.54) is 177 Å². The summed E-state index contributed by atoms with van der Waals surface area (Å²) in [6.45, 7) is 8.56. The Bertz CT molecular complexity index is 2310. The Morgan fingerprint density at radius 1 is 0.483 bits per heavy atom. The first-order valence-electron chi connectivity index (χ1n) is 21.6.